The smallest absolute Gasteiger partial charge is 0.462 e. The first-order valence-electron chi connectivity index (χ1n) is 6.17. The number of ether oxygens (including phenoxy) is 2. The van der Waals surface area contributed by atoms with Crippen LogP contribution in [0.5, 0.6) is 0 Å². The molecule has 0 radical (unpaired) electrons. The third kappa shape index (κ3) is 8.57. The molecular weight excluding hydrogens is 334 g/mol. The Balaban J connectivity index is 0.000000472. The van der Waals surface area contributed by atoms with Gasteiger partial charge >= 0.3 is 12.1 Å². The van der Waals surface area contributed by atoms with Crippen molar-refractivity contribution in [1.29, 1.82) is 0 Å². The van der Waals surface area contributed by atoms with Crippen LogP contribution in [0.1, 0.15) is 12.8 Å². The van der Waals surface area contributed by atoms with E-state index in [0.29, 0.717) is 23.2 Å². The minimum Gasteiger partial charge on any atom is -0.462 e. The van der Waals surface area contributed by atoms with Crippen LogP contribution >= 0.6 is 25.3 Å². The van der Waals surface area contributed by atoms with E-state index < -0.39 is 18.0 Å². The summed E-state index contributed by atoms with van der Waals surface area (Å²) in [6.45, 7) is 3.64. The third-order valence-electron chi connectivity index (χ3n) is 1.99. The number of amides is 2. The summed E-state index contributed by atoms with van der Waals surface area (Å²) in [5.41, 5.74) is 0. The number of hydrogen-bond acceptors (Lipinski definition) is 9. The summed E-state index contributed by atoms with van der Waals surface area (Å²) in [7, 11) is 0. The van der Waals surface area contributed by atoms with Crippen LogP contribution < -0.4 is 0 Å². The molecule has 2 amide bonds. The lowest BCUT2D eigenvalue weighted by molar-refractivity contribution is -0.176. The molecule has 1 aliphatic rings. The highest BCUT2D eigenvalue weighted by Gasteiger charge is 2.33. The zero-order valence-corrected chi connectivity index (χ0v) is 13.5. The lowest BCUT2D eigenvalue weighted by Gasteiger charge is -2.11. The van der Waals surface area contributed by atoms with Crippen molar-refractivity contribution in [1.82, 2.24) is 5.06 Å². The molecule has 0 aromatic carbocycles. The Hall–Kier alpha value is -1.68. The first-order chi connectivity index (χ1) is 10.5. The minimum absolute atomic E-state index is 0.0676. The Bertz CT molecular complexity index is 412. The van der Waals surface area contributed by atoms with E-state index >= 15 is 0 Å². The predicted octanol–water partition coefficient (Wildman–Crippen LogP) is 0.779. The Kier molecular flexibility index (Phi) is 11.0. The highest BCUT2D eigenvalue weighted by atomic mass is 32.1. The van der Waals surface area contributed by atoms with Gasteiger partial charge in [0.25, 0.3) is 11.8 Å². The molecule has 0 spiro atoms. The van der Waals surface area contributed by atoms with Crippen LogP contribution in [0.4, 0.5) is 4.79 Å². The molecule has 0 aromatic rings. The summed E-state index contributed by atoms with van der Waals surface area (Å²) in [4.78, 5) is 47.3. The van der Waals surface area contributed by atoms with Gasteiger partial charge in [-0.15, -0.1) is 0 Å². The Morgan fingerprint density at radius 2 is 1.59 bits per heavy atom. The van der Waals surface area contributed by atoms with Crippen molar-refractivity contribution >= 4 is 49.2 Å². The van der Waals surface area contributed by atoms with Crippen LogP contribution in [-0.2, 0) is 28.7 Å². The highest BCUT2D eigenvalue weighted by Crippen LogP contribution is 2.12. The van der Waals surface area contributed by atoms with Gasteiger partial charge in [0, 0.05) is 30.4 Å². The van der Waals surface area contributed by atoms with Crippen molar-refractivity contribution in [2.24, 2.45) is 0 Å². The Labute approximate surface area is 138 Å². The normalized spacial score (nSPS) is 13.1. The molecule has 0 bridgehead atoms. The van der Waals surface area contributed by atoms with Gasteiger partial charge in [-0.2, -0.15) is 25.3 Å². The lowest BCUT2D eigenvalue weighted by Crippen LogP contribution is -2.32. The molecule has 8 nitrogen and oxygen atoms in total. The molecule has 0 aliphatic carbocycles. The molecular formula is C12H17NO7S2. The number of nitrogens with zero attached hydrogens (tertiary/aromatic N) is 1. The largest absolute Gasteiger partial charge is 0.533 e. The van der Waals surface area contributed by atoms with E-state index in [2.05, 4.69) is 46.1 Å². The number of thiol groups is 2. The molecule has 1 saturated heterocycles. The fourth-order valence-electron chi connectivity index (χ4n) is 1.09. The topological polar surface area (TPSA) is 99.2 Å². The second kappa shape index (κ2) is 11.9. The molecule has 1 rings (SSSR count). The first kappa shape index (κ1) is 20.3. The van der Waals surface area contributed by atoms with Crippen LogP contribution in [-0.4, -0.2) is 53.7 Å². The van der Waals surface area contributed by atoms with E-state index in [9.17, 15) is 19.2 Å². The van der Waals surface area contributed by atoms with Crippen molar-refractivity contribution in [3.63, 3.8) is 0 Å². The maximum absolute atomic E-state index is 11.0. The third-order valence-corrected chi connectivity index (χ3v) is 2.35. The number of rotatable bonds is 6. The number of hydroxylamine groups is 2. The van der Waals surface area contributed by atoms with E-state index in [4.69, 9.17) is 0 Å². The van der Waals surface area contributed by atoms with E-state index in [1.807, 2.05) is 0 Å². The van der Waals surface area contributed by atoms with Crippen molar-refractivity contribution < 1.29 is 33.5 Å². The lowest BCUT2D eigenvalue weighted by atomic mass is 10.4. The molecule has 0 atom stereocenters. The van der Waals surface area contributed by atoms with E-state index in [1.54, 1.807) is 0 Å². The summed E-state index contributed by atoms with van der Waals surface area (Å²) in [6, 6.07) is 0. The van der Waals surface area contributed by atoms with Crippen LogP contribution in [0.2, 0.25) is 0 Å². The van der Waals surface area contributed by atoms with E-state index in [-0.39, 0.29) is 25.4 Å². The fraction of sp³-hybridized carbons (Fsp3) is 0.500. The summed E-state index contributed by atoms with van der Waals surface area (Å²) >= 11 is 7.62. The monoisotopic (exact) mass is 351 g/mol. The average molecular weight is 351 g/mol. The highest BCUT2D eigenvalue weighted by molar-refractivity contribution is 7.80. The molecule has 0 saturated carbocycles. The Morgan fingerprint density at radius 3 is 2.05 bits per heavy atom. The summed E-state index contributed by atoms with van der Waals surface area (Å²) < 4.78 is 8.97. The molecule has 1 heterocycles. The molecule has 22 heavy (non-hydrogen) atoms. The maximum Gasteiger partial charge on any atom is 0.533 e. The first-order valence-corrected chi connectivity index (χ1v) is 7.44. The summed E-state index contributed by atoms with van der Waals surface area (Å²) in [5.74, 6) is -0.550. The summed E-state index contributed by atoms with van der Waals surface area (Å²) in [5, 5.41) is 0.431. The molecule has 1 aliphatic heterocycles. The minimum atomic E-state index is -1.07. The van der Waals surface area contributed by atoms with Gasteiger partial charge in [0.1, 0.15) is 13.2 Å². The Morgan fingerprint density at radius 1 is 1.09 bits per heavy atom. The van der Waals surface area contributed by atoms with Crippen LogP contribution in [0, 0.1) is 0 Å². The van der Waals surface area contributed by atoms with E-state index in [0.717, 1.165) is 6.08 Å². The number of carbonyl (C=O) groups is 4. The fourth-order valence-corrected chi connectivity index (χ4v) is 1.28. The number of esters is 1. The second-order valence-corrected chi connectivity index (χ2v) is 4.48. The van der Waals surface area contributed by atoms with Gasteiger partial charge in [-0.1, -0.05) is 11.6 Å². The van der Waals surface area contributed by atoms with Gasteiger partial charge < -0.3 is 9.47 Å². The van der Waals surface area contributed by atoms with Gasteiger partial charge in [-0.3, -0.25) is 14.4 Å². The summed E-state index contributed by atoms with van der Waals surface area (Å²) in [6.07, 6.45) is 0.198. The number of imide groups is 1. The molecule has 1 fully saturated rings. The van der Waals surface area contributed by atoms with Crippen molar-refractivity contribution in [3.8, 4) is 0 Å². The number of carbonyl (C=O) groups excluding carboxylic acids is 4. The zero-order chi connectivity index (χ0) is 17.0. The van der Waals surface area contributed by atoms with E-state index in [1.165, 1.54) is 0 Å². The quantitative estimate of drug-likeness (QED) is 0.316. The number of hydrogen-bond donors (Lipinski definition) is 2. The zero-order valence-electron chi connectivity index (χ0n) is 11.7. The second-order valence-electron chi connectivity index (χ2n) is 3.59. The molecule has 0 N–H and O–H groups in total. The van der Waals surface area contributed by atoms with Crippen LogP contribution in [0.25, 0.3) is 0 Å². The molecule has 124 valence electrons. The predicted molar refractivity (Wildman–Crippen MR) is 82.4 cm³/mol. The van der Waals surface area contributed by atoms with Gasteiger partial charge in [0.05, 0.1) is 0 Å². The van der Waals surface area contributed by atoms with Crippen molar-refractivity contribution in [3.05, 3.63) is 12.7 Å². The average Bonchev–Trinajstić information content (AvgIpc) is 2.83. The van der Waals surface area contributed by atoms with Crippen LogP contribution in [0.15, 0.2) is 12.7 Å². The van der Waals surface area contributed by atoms with Gasteiger partial charge in [-0.05, 0) is 0 Å². The van der Waals surface area contributed by atoms with Crippen LogP contribution in [0.3, 0.4) is 0 Å². The SMILES string of the molecule is C=CC(=O)OCCS.O=C(OCCS)ON1C(=O)CCC1=O. The van der Waals surface area contributed by atoms with Gasteiger partial charge in [-0.25, -0.2) is 9.59 Å². The van der Waals surface area contributed by atoms with Gasteiger partial charge in [0.15, 0.2) is 0 Å². The molecule has 0 unspecified atom stereocenters. The van der Waals surface area contributed by atoms with Gasteiger partial charge in [0.2, 0.25) is 0 Å². The maximum atomic E-state index is 11.0. The molecule has 10 heteroatoms. The van der Waals surface area contributed by atoms with Crippen molar-refractivity contribution in [2.75, 3.05) is 24.7 Å². The standard InChI is InChI=1S/C7H9NO5S.C5H8O2S/c9-5-1-2-6(10)8(5)13-7(11)12-3-4-14;1-2-5(6)7-3-4-8/h14H,1-4H2;2,8H,1,3-4H2. The molecule has 0 aromatic heterocycles. The van der Waals surface area contributed by atoms with Crippen molar-refractivity contribution in [2.45, 2.75) is 12.8 Å².